The second-order valence-corrected chi connectivity index (χ2v) is 9.10. The highest BCUT2D eigenvalue weighted by molar-refractivity contribution is 5.67. The molecule has 1 heterocycles. The zero-order valence-corrected chi connectivity index (χ0v) is 20.1. The first-order valence-corrected chi connectivity index (χ1v) is 12.0. The highest BCUT2D eigenvalue weighted by Crippen LogP contribution is 2.24. The fourth-order valence-corrected chi connectivity index (χ4v) is 4.57. The van der Waals surface area contributed by atoms with Crippen LogP contribution in [0.25, 0.3) is 0 Å². The Morgan fingerprint density at radius 3 is 2.82 bits per heavy atom. The number of β-amino-alcohol motifs (C(OH)–C–C–N with tert-alkyl or cyclic N) is 1. The SMILES string of the molecule is Cc1ccc(C[C@@H]2CCCN2C[C@H](O)CO[C@H](C)c2ccccc2CCOCC(=O)O)cc1F. The van der Waals surface area contributed by atoms with E-state index >= 15 is 0 Å². The molecular weight excluding hydrogens is 437 g/mol. The molecule has 1 aliphatic heterocycles. The average Bonchev–Trinajstić information content (AvgIpc) is 3.24. The molecule has 3 atom stereocenters. The number of carboxylic acids is 1. The molecule has 3 rings (SSSR count). The van der Waals surface area contributed by atoms with Crippen LogP contribution in [0, 0.1) is 12.7 Å². The van der Waals surface area contributed by atoms with Gasteiger partial charge in [0.2, 0.25) is 0 Å². The molecule has 6 nitrogen and oxygen atoms in total. The van der Waals surface area contributed by atoms with Gasteiger partial charge in [-0.2, -0.15) is 0 Å². The number of rotatable bonds is 13. The fourth-order valence-electron chi connectivity index (χ4n) is 4.57. The predicted octanol–water partition coefficient (Wildman–Crippen LogP) is 3.92. The number of hydrogen-bond donors (Lipinski definition) is 2. The predicted molar refractivity (Wildman–Crippen MR) is 128 cm³/mol. The zero-order valence-electron chi connectivity index (χ0n) is 20.1. The molecule has 2 aromatic rings. The van der Waals surface area contributed by atoms with E-state index in [9.17, 15) is 14.3 Å². The van der Waals surface area contributed by atoms with Gasteiger partial charge in [0.05, 0.1) is 25.4 Å². The molecule has 0 amide bonds. The van der Waals surface area contributed by atoms with Crippen molar-refractivity contribution in [3.8, 4) is 0 Å². The van der Waals surface area contributed by atoms with Crippen molar-refractivity contribution in [1.29, 1.82) is 0 Å². The number of aliphatic hydroxyl groups is 1. The highest BCUT2D eigenvalue weighted by atomic mass is 19.1. The molecule has 1 fully saturated rings. The van der Waals surface area contributed by atoms with E-state index in [1.54, 1.807) is 13.0 Å². The van der Waals surface area contributed by atoms with Gasteiger partial charge < -0.3 is 19.7 Å². The van der Waals surface area contributed by atoms with Crippen LogP contribution in [0.5, 0.6) is 0 Å². The van der Waals surface area contributed by atoms with Crippen LogP contribution in [-0.2, 0) is 27.1 Å². The van der Waals surface area contributed by atoms with Crippen LogP contribution in [0.2, 0.25) is 0 Å². The van der Waals surface area contributed by atoms with E-state index in [1.165, 1.54) is 0 Å². The number of halogens is 1. The molecule has 0 aliphatic carbocycles. The molecule has 0 saturated carbocycles. The quantitative estimate of drug-likeness (QED) is 0.429. The number of aryl methyl sites for hydroxylation is 1. The van der Waals surface area contributed by atoms with Gasteiger partial charge in [-0.15, -0.1) is 0 Å². The summed E-state index contributed by atoms with van der Waals surface area (Å²) >= 11 is 0. The molecule has 1 saturated heterocycles. The number of ether oxygens (including phenoxy) is 2. The van der Waals surface area contributed by atoms with Gasteiger partial charge in [-0.3, -0.25) is 4.90 Å². The largest absolute Gasteiger partial charge is 0.480 e. The summed E-state index contributed by atoms with van der Waals surface area (Å²) in [6, 6.07) is 13.6. The summed E-state index contributed by atoms with van der Waals surface area (Å²) < 4.78 is 25.1. The van der Waals surface area contributed by atoms with Crippen molar-refractivity contribution in [2.24, 2.45) is 0 Å². The van der Waals surface area contributed by atoms with Crippen molar-refractivity contribution in [2.45, 2.75) is 57.8 Å². The van der Waals surface area contributed by atoms with Crippen LogP contribution in [0.15, 0.2) is 42.5 Å². The number of benzene rings is 2. The first kappa shape index (κ1) is 26.3. The number of carboxylic acid groups (broad SMARTS) is 1. The maximum Gasteiger partial charge on any atom is 0.329 e. The fraction of sp³-hybridized carbons (Fsp3) is 0.519. The monoisotopic (exact) mass is 473 g/mol. The van der Waals surface area contributed by atoms with Crippen molar-refractivity contribution in [1.82, 2.24) is 4.90 Å². The second-order valence-electron chi connectivity index (χ2n) is 9.10. The van der Waals surface area contributed by atoms with Gasteiger partial charge in [0, 0.05) is 12.6 Å². The summed E-state index contributed by atoms with van der Waals surface area (Å²) in [5.41, 5.74) is 3.69. The van der Waals surface area contributed by atoms with E-state index in [2.05, 4.69) is 4.90 Å². The Morgan fingerprint density at radius 2 is 2.06 bits per heavy atom. The molecule has 0 unspecified atom stereocenters. The first-order valence-electron chi connectivity index (χ1n) is 12.0. The molecule has 7 heteroatoms. The van der Waals surface area contributed by atoms with Crippen LogP contribution in [-0.4, -0.2) is 66.1 Å². The minimum atomic E-state index is -0.981. The molecule has 0 bridgehead atoms. The Bertz CT molecular complexity index is 937. The van der Waals surface area contributed by atoms with E-state index in [1.807, 2.05) is 43.3 Å². The third kappa shape index (κ3) is 7.87. The van der Waals surface area contributed by atoms with Crippen molar-refractivity contribution in [3.05, 3.63) is 70.5 Å². The lowest BCUT2D eigenvalue weighted by Crippen LogP contribution is -2.39. The lowest BCUT2D eigenvalue weighted by molar-refractivity contribution is -0.142. The molecule has 0 aromatic heterocycles. The number of aliphatic hydroxyl groups excluding tert-OH is 1. The normalized spacial score (nSPS) is 18.2. The standard InChI is InChI=1S/C27H36FNO5/c1-19-9-10-21(15-26(19)28)14-23-7-5-12-29(23)16-24(30)17-34-20(2)25-8-4-3-6-22(25)11-13-33-18-27(31)32/h3-4,6,8-10,15,20,23-24,30H,5,7,11-14,16-18H2,1-2H3,(H,31,32)/t20-,23+,24+/m1/s1. The van der Waals surface area contributed by atoms with Gasteiger partial charge in [0.25, 0.3) is 0 Å². The van der Waals surface area contributed by atoms with Gasteiger partial charge in [-0.25, -0.2) is 9.18 Å². The Labute approximate surface area is 201 Å². The van der Waals surface area contributed by atoms with Gasteiger partial charge in [0.1, 0.15) is 12.4 Å². The molecule has 2 aromatic carbocycles. The van der Waals surface area contributed by atoms with Crippen molar-refractivity contribution < 1.29 is 28.9 Å². The van der Waals surface area contributed by atoms with Crippen LogP contribution in [0.1, 0.15) is 48.1 Å². The number of nitrogens with zero attached hydrogens (tertiary/aromatic N) is 1. The lowest BCUT2D eigenvalue weighted by Gasteiger charge is -2.27. The third-order valence-corrected chi connectivity index (χ3v) is 6.42. The summed E-state index contributed by atoms with van der Waals surface area (Å²) in [5, 5.41) is 19.4. The smallest absolute Gasteiger partial charge is 0.329 e. The van der Waals surface area contributed by atoms with Gasteiger partial charge in [-0.1, -0.05) is 36.4 Å². The molecule has 1 aliphatic rings. The van der Waals surface area contributed by atoms with Crippen molar-refractivity contribution in [2.75, 3.05) is 32.9 Å². The summed E-state index contributed by atoms with van der Waals surface area (Å²) in [4.78, 5) is 12.9. The molecule has 2 N–H and O–H groups in total. The van der Waals surface area contributed by atoms with Crippen LogP contribution in [0.3, 0.4) is 0 Å². The number of carbonyl (C=O) groups is 1. The van der Waals surface area contributed by atoms with Crippen molar-refractivity contribution in [3.63, 3.8) is 0 Å². The Morgan fingerprint density at radius 1 is 1.26 bits per heavy atom. The molecule has 186 valence electrons. The second kappa shape index (κ2) is 13.0. The summed E-state index contributed by atoms with van der Waals surface area (Å²) in [5.74, 6) is -1.15. The van der Waals surface area contributed by atoms with Gasteiger partial charge in [-0.05, 0) is 74.4 Å². The maximum absolute atomic E-state index is 13.9. The summed E-state index contributed by atoms with van der Waals surface area (Å²) in [7, 11) is 0. The Balaban J connectivity index is 1.48. The van der Waals surface area contributed by atoms with Crippen LogP contribution in [0.4, 0.5) is 4.39 Å². The van der Waals surface area contributed by atoms with Gasteiger partial charge >= 0.3 is 5.97 Å². The Kier molecular flexibility index (Phi) is 10.0. The first-order chi connectivity index (χ1) is 16.3. The van der Waals surface area contributed by atoms with Crippen LogP contribution < -0.4 is 0 Å². The van der Waals surface area contributed by atoms with E-state index in [-0.39, 0.29) is 25.1 Å². The average molecular weight is 474 g/mol. The zero-order chi connectivity index (χ0) is 24.5. The number of aliphatic carboxylic acids is 1. The molecule has 0 spiro atoms. The topological polar surface area (TPSA) is 79.2 Å². The maximum atomic E-state index is 13.9. The summed E-state index contributed by atoms with van der Waals surface area (Å²) in [6.45, 7) is 5.39. The molecule has 0 radical (unpaired) electrons. The number of hydrogen-bond acceptors (Lipinski definition) is 5. The molecular formula is C27H36FNO5. The van der Waals surface area contributed by atoms with E-state index in [0.717, 1.165) is 42.5 Å². The highest BCUT2D eigenvalue weighted by Gasteiger charge is 2.27. The van der Waals surface area contributed by atoms with E-state index < -0.39 is 12.1 Å². The summed E-state index contributed by atoms with van der Waals surface area (Å²) in [6.07, 6.45) is 2.64. The molecule has 34 heavy (non-hydrogen) atoms. The minimum Gasteiger partial charge on any atom is -0.480 e. The van der Waals surface area contributed by atoms with E-state index in [0.29, 0.717) is 31.2 Å². The van der Waals surface area contributed by atoms with Gasteiger partial charge in [0.15, 0.2) is 0 Å². The Hall–Kier alpha value is -2.32. The lowest BCUT2D eigenvalue weighted by atomic mass is 10.0. The van der Waals surface area contributed by atoms with Crippen LogP contribution >= 0.6 is 0 Å². The number of likely N-dealkylation sites (tertiary alicyclic amines) is 1. The third-order valence-electron chi connectivity index (χ3n) is 6.42. The minimum absolute atomic E-state index is 0.168. The van der Waals surface area contributed by atoms with Crippen molar-refractivity contribution >= 4 is 5.97 Å². The van der Waals surface area contributed by atoms with E-state index in [4.69, 9.17) is 14.6 Å².